The van der Waals surface area contributed by atoms with E-state index in [4.69, 9.17) is 5.11 Å². The summed E-state index contributed by atoms with van der Waals surface area (Å²) in [5.41, 5.74) is 1.08. The van der Waals surface area contributed by atoms with E-state index in [1.165, 1.54) is 0 Å². The van der Waals surface area contributed by atoms with Crippen molar-refractivity contribution in [2.45, 2.75) is 38.3 Å². The molecule has 0 aliphatic carbocycles. The molecule has 0 spiro atoms. The Bertz CT molecular complexity index is 351. The van der Waals surface area contributed by atoms with Crippen molar-refractivity contribution >= 4 is 5.91 Å². The summed E-state index contributed by atoms with van der Waals surface area (Å²) in [7, 11) is 0. The van der Waals surface area contributed by atoms with Gasteiger partial charge in [-0.15, -0.1) is 0 Å². The standard InChI is InChI=1S/C14H21NO3/c1-11(17)7-8-14(18)15-13(10-16)9-12-5-3-2-4-6-12/h2-6,11,13,16-17H,7-10H2,1H3,(H,15,18)/t11?,13-/m0/s1. The van der Waals surface area contributed by atoms with E-state index in [1.807, 2.05) is 30.3 Å². The minimum atomic E-state index is -0.475. The van der Waals surface area contributed by atoms with Crippen molar-refractivity contribution in [1.82, 2.24) is 5.32 Å². The van der Waals surface area contributed by atoms with E-state index < -0.39 is 6.10 Å². The molecule has 0 aliphatic heterocycles. The lowest BCUT2D eigenvalue weighted by Gasteiger charge is -2.16. The number of amides is 1. The second-order valence-corrected chi connectivity index (χ2v) is 4.52. The van der Waals surface area contributed by atoms with Crippen molar-refractivity contribution in [2.75, 3.05) is 6.61 Å². The van der Waals surface area contributed by atoms with E-state index in [-0.39, 0.29) is 25.0 Å². The van der Waals surface area contributed by atoms with Gasteiger partial charge in [0.25, 0.3) is 0 Å². The Kier molecular flexibility index (Phi) is 6.39. The summed E-state index contributed by atoms with van der Waals surface area (Å²) >= 11 is 0. The van der Waals surface area contributed by atoms with Gasteiger partial charge in [-0.3, -0.25) is 4.79 Å². The quantitative estimate of drug-likeness (QED) is 0.673. The lowest BCUT2D eigenvalue weighted by molar-refractivity contribution is -0.122. The first kappa shape index (κ1) is 14.7. The van der Waals surface area contributed by atoms with Gasteiger partial charge in [-0.25, -0.2) is 0 Å². The third-order valence-electron chi connectivity index (χ3n) is 2.70. The van der Waals surface area contributed by atoms with Gasteiger partial charge in [0.2, 0.25) is 5.91 Å². The third-order valence-corrected chi connectivity index (χ3v) is 2.70. The Morgan fingerprint density at radius 1 is 1.33 bits per heavy atom. The average molecular weight is 251 g/mol. The first-order chi connectivity index (χ1) is 8.61. The summed E-state index contributed by atoms with van der Waals surface area (Å²) in [6, 6.07) is 9.44. The maximum Gasteiger partial charge on any atom is 0.220 e. The monoisotopic (exact) mass is 251 g/mol. The van der Waals surface area contributed by atoms with Crippen LogP contribution < -0.4 is 5.32 Å². The molecule has 0 fully saturated rings. The number of nitrogens with one attached hydrogen (secondary N) is 1. The summed E-state index contributed by atoms with van der Waals surface area (Å²) in [6.07, 6.45) is 0.855. The second kappa shape index (κ2) is 7.84. The molecular weight excluding hydrogens is 230 g/mol. The van der Waals surface area contributed by atoms with Gasteiger partial charge in [-0.2, -0.15) is 0 Å². The number of carbonyl (C=O) groups is 1. The van der Waals surface area contributed by atoms with Crippen molar-refractivity contribution in [1.29, 1.82) is 0 Å². The van der Waals surface area contributed by atoms with Crippen molar-refractivity contribution in [2.24, 2.45) is 0 Å². The molecule has 0 saturated carbocycles. The summed E-state index contributed by atoms with van der Waals surface area (Å²) in [4.78, 5) is 11.6. The van der Waals surface area contributed by atoms with Gasteiger partial charge in [0.15, 0.2) is 0 Å². The Morgan fingerprint density at radius 3 is 2.56 bits per heavy atom. The van der Waals surface area contributed by atoms with Gasteiger partial charge in [0, 0.05) is 6.42 Å². The van der Waals surface area contributed by atoms with Gasteiger partial charge < -0.3 is 15.5 Å². The summed E-state index contributed by atoms with van der Waals surface area (Å²) in [5, 5.41) is 21.1. The molecule has 100 valence electrons. The topological polar surface area (TPSA) is 69.6 Å². The summed E-state index contributed by atoms with van der Waals surface area (Å²) in [6.45, 7) is 1.57. The van der Waals surface area contributed by atoms with Crippen LogP contribution in [0.3, 0.4) is 0 Å². The van der Waals surface area contributed by atoms with Crippen LogP contribution in [0.15, 0.2) is 30.3 Å². The van der Waals surface area contributed by atoms with E-state index >= 15 is 0 Å². The first-order valence-electron chi connectivity index (χ1n) is 6.24. The van der Waals surface area contributed by atoms with E-state index in [2.05, 4.69) is 5.32 Å². The summed E-state index contributed by atoms with van der Waals surface area (Å²) < 4.78 is 0. The molecule has 18 heavy (non-hydrogen) atoms. The molecule has 0 aliphatic rings. The number of hydrogen-bond donors (Lipinski definition) is 3. The van der Waals surface area contributed by atoms with Crippen LogP contribution in [-0.4, -0.2) is 34.9 Å². The minimum Gasteiger partial charge on any atom is -0.394 e. The fourth-order valence-corrected chi connectivity index (χ4v) is 1.70. The zero-order valence-corrected chi connectivity index (χ0v) is 10.7. The lowest BCUT2D eigenvalue weighted by atomic mass is 10.1. The molecule has 1 aromatic carbocycles. The molecule has 1 amide bonds. The first-order valence-corrected chi connectivity index (χ1v) is 6.24. The lowest BCUT2D eigenvalue weighted by Crippen LogP contribution is -2.39. The van der Waals surface area contributed by atoms with Crippen molar-refractivity contribution in [3.05, 3.63) is 35.9 Å². The number of rotatable bonds is 7. The Morgan fingerprint density at radius 2 is 2.00 bits per heavy atom. The van der Waals surface area contributed by atoms with E-state index in [0.29, 0.717) is 12.8 Å². The molecule has 1 rings (SSSR count). The molecule has 0 aromatic heterocycles. The van der Waals surface area contributed by atoms with Gasteiger partial charge in [-0.1, -0.05) is 30.3 Å². The summed E-state index contributed by atoms with van der Waals surface area (Å²) in [5.74, 6) is -0.133. The molecular formula is C14H21NO3. The van der Waals surface area contributed by atoms with Crippen molar-refractivity contribution < 1.29 is 15.0 Å². The van der Waals surface area contributed by atoms with Crippen LogP contribution >= 0.6 is 0 Å². The van der Waals surface area contributed by atoms with E-state index in [9.17, 15) is 9.90 Å². The highest BCUT2D eigenvalue weighted by Crippen LogP contribution is 2.04. The van der Waals surface area contributed by atoms with Crippen LogP contribution in [0.4, 0.5) is 0 Å². The Balaban J connectivity index is 2.40. The van der Waals surface area contributed by atoms with Crippen LogP contribution in [0.1, 0.15) is 25.3 Å². The van der Waals surface area contributed by atoms with Crippen LogP contribution in [-0.2, 0) is 11.2 Å². The molecule has 1 unspecified atom stereocenters. The number of carbonyl (C=O) groups excluding carboxylic acids is 1. The fraction of sp³-hybridized carbons (Fsp3) is 0.500. The smallest absolute Gasteiger partial charge is 0.220 e. The van der Waals surface area contributed by atoms with Crippen LogP contribution in [0, 0.1) is 0 Å². The molecule has 1 aromatic rings. The normalized spacial score (nSPS) is 13.9. The maximum atomic E-state index is 11.6. The number of hydrogen-bond acceptors (Lipinski definition) is 3. The molecule has 2 atom stereocenters. The van der Waals surface area contributed by atoms with Gasteiger partial charge in [0.05, 0.1) is 18.8 Å². The highest BCUT2D eigenvalue weighted by molar-refractivity contribution is 5.76. The molecule has 0 bridgehead atoms. The zero-order chi connectivity index (χ0) is 13.4. The van der Waals surface area contributed by atoms with Crippen molar-refractivity contribution in [3.63, 3.8) is 0 Å². The molecule has 0 radical (unpaired) electrons. The molecule has 0 saturated heterocycles. The van der Waals surface area contributed by atoms with Gasteiger partial charge >= 0.3 is 0 Å². The second-order valence-electron chi connectivity index (χ2n) is 4.52. The molecule has 3 N–H and O–H groups in total. The van der Waals surface area contributed by atoms with Gasteiger partial charge in [0.1, 0.15) is 0 Å². The van der Waals surface area contributed by atoms with E-state index in [1.54, 1.807) is 6.92 Å². The van der Waals surface area contributed by atoms with E-state index in [0.717, 1.165) is 5.56 Å². The molecule has 4 nitrogen and oxygen atoms in total. The predicted molar refractivity (Wildman–Crippen MR) is 70.1 cm³/mol. The SMILES string of the molecule is CC(O)CCC(=O)N[C@H](CO)Cc1ccccc1. The Hall–Kier alpha value is -1.39. The van der Waals surface area contributed by atoms with Crippen molar-refractivity contribution in [3.8, 4) is 0 Å². The highest BCUT2D eigenvalue weighted by atomic mass is 16.3. The average Bonchev–Trinajstić information content (AvgIpc) is 2.37. The minimum absolute atomic E-state index is 0.0880. The van der Waals surface area contributed by atoms with Crippen LogP contribution in [0.25, 0.3) is 0 Å². The van der Waals surface area contributed by atoms with Crippen LogP contribution in [0.5, 0.6) is 0 Å². The third kappa shape index (κ3) is 5.80. The molecule has 4 heteroatoms. The number of benzene rings is 1. The predicted octanol–water partition coefficient (Wildman–Crippen LogP) is 0.867. The largest absolute Gasteiger partial charge is 0.394 e. The fourth-order valence-electron chi connectivity index (χ4n) is 1.70. The zero-order valence-electron chi connectivity index (χ0n) is 10.7. The van der Waals surface area contributed by atoms with Gasteiger partial charge in [-0.05, 0) is 25.3 Å². The number of aliphatic hydroxyl groups excluding tert-OH is 2. The Labute approximate surface area is 108 Å². The number of aliphatic hydroxyl groups is 2. The maximum absolute atomic E-state index is 11.6. The highest BCUT2D eigenvalue weighted by Gasteiger charge is 2.12. The molecule has 0 heterocycles. The van der Waals surface area contributed by atoms with Crippen LogP contribution in [0.2, 0.25) is 0 Å².